The van der Waals surface area contributed by atoms with Crippen LogP contribution in [0.3, 0.4) is 0 Å². The predicted octanol–water partition coefficient (Wildman–Crippen LogP) is 1.61. The molecule has 2 amide bonds. The molecule has 1 saturated carbocycles. The van der Waals surface area contributed by atoms with E-state index in [4.69, 9.17) is 9.84 Å². The molecular formula is C16H26N2O5. The molecule has 0 aromatic rings. The zero-order chi connectivity index (χ0) is 16.8. The number of nitrogens with zero attached hydrogens (tertiary/aromatic N) is 1. The van der Waals surface area contributed by atoms with Gasteiger partial charge in [-0.2, -0.15) is 0 Å². The van der Waals surface area contributed by atoms with E-state index in [1.807, 2.05) is 0 Å². The summed E-state index contributed by atoms with van der Waals surface area (Å²) < 4.78 is 5.04. The Morgan fingerprint density at radius 2 is 1.83 bits per heavy atom. The van der Waals surface area contributed by atoms with Crippen LogP contribution in [0.2, 0.25) is 0 Å². The van der Waals surface area contributed by atoms with Gasteiger partial charge in [0.15, 0.2) is 0 Å². The fourth-order valence-corrected chi connectivity index (χ4v) is 3.36. The van der Waals surface area contributed by atoms with Crippen molar-refractivity contribution in [2.75, 3.05) is 19.7 Å². The van der Waals surface area contributed by atoms with E-state index in [1.165, 1.54) is 0 Å². The summed E-state index contributed by atoms with van der Waals surface area (Å²) in [4.78, 5) is 36.8. The van der Waals surface area contributed by atoms with Crippen LogP contribution in [0.25, 0.3) is 0 Å². The summed E-state index contributed by atoms with van der Waals surface area (Å²) >= 11 is 0. The maximum absolute atomic E-state index is 12.4. The van der Waals surface area contributed by atoms with Crippen molar-refractivity contribution < 1.29 is 24.2 Å². The van der Waals surface area contributed by atoms with Gasteiger partial charge in [0.05, 0.1) is 18.4 Å². The number of esters is 1. The molecular weight excluding hydrogens is 300 g/mol. The molecule has 0 aromatic carbocycles. The number of carbonyl (C=O) groups is 3. The Morgan fingerprint density at radius 1 is 1.13 bits per heavy atom. The molecule has 0 radical (unpaired) electrons. The number of piperidine rings is 1. The van der Waals surface area contributed by atoms with Crippen LogP contribution in [0.5, 0.6) is 0 Å². The Bertz CT molecular complexity index is 446. The molecule has 1 heterocycles. The van der Waals surface area contributed by atoms with E-state index in [9.17, 15) is 14.4 Å². The number of hydrogen-bond donors (Lipinski definition) is 2. The van der Waals surface area contributed by atoms with Crippen molar-refractivity contribution in [2.24, 2.45) is 11.8 Å². The second kappa shape index (κ2) is 8.17. The molecule has 1 aliphatic carbocycles. The number of carbonyl (C=O) groups excluding carboxylic acids is 2. The highest BCUT2D eigenvalue weighted by Crippen LogP contribution is 2.25. The van der Waals surface area contributed by atoms with Crippen LogP contribution < -0.4 is 5.32 Å². The molecule has 23 heavy (non-hydrogen) atoms. The second-order valence-electron chi connectivity index (χ2n) is 6.37. The van der Waals surface area contributed by atoms with E-state index in [1.54, 1.807) is 11.8 Å². The van der Waals surface area contributed by atoms with Crippen LogP contribution in [-0.2, 0) is 14.3 Å². The van der Waals surface area contributed by atoms with Crippen LogP contribution in [-0.4, -0.2) is 53.7 Å². The van der Waals surface area contributed by atoms with Crippen molar-refractivity contribution in [1.82, 2.24) is 10.2 Å². The van der Waals surface area contributed by atoms with Gasteiger partial charge >= 0.3 is 18.0 Å². The standard InChI is InChI=1S/C16H26N2O5/c1-2-23-15(21)12-4-3-9-18(10-12)16(22)17-13-7-5-11(6-8-13)14(19)20/h11-13H,2-10H2,1H3,(H,17,22)(H,19,20)/t11?,12-,13?/m1/s1. The molecule has 1 aliphatic heterocycles. The third kappa shape index (κ3) is 4.84. The van der Waals surface area contributed by atoms with E-state index < -0.39 is 5.97 Å². The molecule has 7 nitrogen and oxygen atoms in total. The number of urea groups is 1. The van der Waals surface area contributed by atoms with Gasteiger partial charge in [-0.15, -0.1) is 0 Å². The number of carboxylic acids is 1. The lowest BCUT2D eigenvalue weighted by Gasteiger charge is -2.34. The minimum absolute atomic E-state index is 0.0288. The first-order valence-corrected chi connectivity index (χ1v) is 8.46. The van der Waals surface area contributed by atoms with E-state index in [2.05, 4.69) is 5.32 Å². The van der Waals surface area contributed by atoms with Gasteiger partial charge in [-0.3, -0.25) is 9.59 Å². The molecule has 2 fully saturated rings. The number of aliphatic carboxylic acids is 1. The first-order valence-electron chi connectivity index (χ1n) is 8.46. The van der Waals surface area contributed by atoms with Crippen molar-refractivity contribution >= 4 is 18.0 Å². The number of nitrogens with one attached hydrogen (secondary N) is 1. The Balaban J connectivity index is 1.79. The van der Waals surface area contributed by atoms with Gasteiger partial charge in [-0.05, 0) is 45.4 Å². The van der Waals surface area contributed by atoms with Gasteiger partial charge in [-0.25, -0.2) is 4.79 Å². The number of hydrogen-bond acceptors (Lipinski definition) is 4. The molecule has 2 N–H and O–H groups in total. The van der Waals surface area contributed by atoms with Gasteiger partial charge in [0, 0.05) is 19.1 Å². The Hall–Kier alpha value is -1.79. The third-order valence-corrected chi connectivity index (χ3v) is 4.73. The van der Waals surface area contributed by atoms with Gasteiger partial charge in [0.2, 0.25) is 0 Å². The van der Waals surface area contributed by atoms with Crippen molar-refractivity contribution in [3.63, 3.8) is 0 Å². The SMILES string of the molecule is CCOC(=O)[C@@H]1CCCN(C(=O)NC2CCC(C(=O)O)CC2)C1. The van der Waals surface area contributed by atoms with Crippen LogP contribution >= 0.6 is 0 Å². The summed E-state index contributed by atoms with van der Waals surface area (Å²) in [6.07, 6.45) is 4.14. The highest BCUT2D eigenvalue weighted by Gasteiger charge is 2.31. The average Bonchev–Trinajstić information content (AvgIpc) is 2.55. The fraction of sp³-hybridized carbons (Fsp3) is 0.812. The molecule has 0 unspecified atom stereocenters. The number of ether oxygens (including phenoxy) is 1. The number of carboxylic acid groups (broad SMARTS) is 1. The Kier molecular flexibility index (Phi) is 6.24. The molecule has 130 valence electrons. The predicted molar refractivity (Wildman–Crippen MR) is 82.8 cm³/mol. The first-order chi connectivity index (χ1) is 11.0. The minimum Gasteiger partial charge on any atom is -0.481 e. The van der Waals surface area contributed by atoms with Crippen molar-refractivity contribution in [3.05, 3.63) is 0 Å². The van der Waals surface area contributed by atoms with Gasteiger partial charge in [-0.1, -0.05) is 0 Å². The number of rotatable bonds is 4. The lowest BCUT2D eigenvalue weighted by atomic mass is 9.86. The fourth-order valence-electron chi connectivity index (χ4n) is 3.36. The van der Waals surface area contributed by atoms with Gasteiger partial charge in [0.1, 0.15) is 0 Å². The largest absolute Gasteiger partial charge is 0.481 e. The zero-order valence-electron chi connectivity index (χ0n) is 13.6. The second-order valence-corrected chi connectivity index (χ2v) is 6.37. The van der Waals surface area contributed by atoms with Crippen LogP contribution in [0.4, 0.5) is 4.79 Å². The van der Waals surface area contributed by atoms with Gasteiger partial charge < -0.3 is 20.1 Å². The minimum atomic E-state index is -0.747. The quantitative estimate of drug-likeness (QED) is 0.765. The monoisotopic (exact) mass is 326 g/mol. The zero-order valence-corrected chi connectivity index (χ0v) is 13.6. The van der Waals surface area contributed by atoms with E-state index in [0.717, 1.165) is 12.8 Å². The molecule has 0 aromatic heterocycles. The van der Waals surface area contributed by atoms with Crippen LogP contribution in [0.1, 0.15) is 45.4 Å². The molecule has 0 bridgehead atoms. The molecule has 2 aliphatic rings. The highest BCUT2D eigenvalue weighted by atomic mass is 16.5. The molecule has 2 rings (SSSR count). The maximum atomic E-state index is 12.4. The van der Waals surface area contributed by atoms with Crippen molar-refractivity contribution in [2.45, 2.75) is 51.5 Å². The van der Waals surface area contributed by atoms with E-state index >= 15 is 0 Å². The normalized spacial score (nSPS) is 28.0. The smallest absolute Gasteiger partial charge is 0.317 e. The third-order valence-electron chi connectivity index (χ3n) is 4.73. The maximum Gasteiger partial charge on any atom is 0.317 e. The average molecular weight is 326 g/mol. The highest BCUT2D eigenvalue weighted by molar-refractivity contribution is 5.77. The lowest BCUT2D eigenvalue weighted by Crippen LogP contribution is -2.50. The Morgan fingerprint density at radius 3 is 2.43 bits per heavy atom. The molecule has 7 heteroatoms. The summed E-state index contributed by atoms with van der Waals surface area (Å²) in [6, 6.07) is -0.126. The van der Waals surface area contributed by atoms with E-state index in [0.29, 0.717) is 45.4 Å². The van der Waals surface area contributed by atoms with Gasteiger partial charge in [0.25, 0.3) is 0 Å². The van der Waals surface area contributed by atoms with Crippen LogP contribution in [0, 0.1) is 11.8 Å². The van der Waals surface area contributed by atoms with Crippen molar-refractivity contribution in [1.29, 1.82) is 0 Å². The summed E-state index contributed by atoms with van der Waals surface area (Å²) in [5.74, 6) is -1.50. The summed E-state index contributed by atoms with van der Waals surface area (Å²) in [5.41, 5.74) is 0. The molecule has 0 spiro atoms. The first kappa shape index (κ1) is 17.6. The Labute approximate surface area is 136 Å². The topological polar surface area (TPSA) is 95.9 Å². The van der Waals surface area contributed by atoms with E-state index in [-0.39, 0.29) is 29.9 Å². The summed E-state index contributed by atoms with van der Waals surface area (Å²) in [6.45, 7) is 3.17. The molecule has 1 atom stereocenters. The molecule has 1 saturated heterocycles. The van der Waals surface area contributed by atoms with Crippen molar-refractivity contribution in [3.8, 4) is 0 Å². The van der Waals surface area contributed by atoms with Crippen LogP contribution in [0.15, 0.2) is 0 Å². The number of amides is 2. The summed E-state index contributed by atoms with van der Waals surface area (Å²) in [7, 11) is 0. The summed E-state index contributed by atoms with van der Waals surface area (Å²) in [5, 5.41) is 12.0. The lowest BCUT2D eigenvalue weighted by molar-refractivity contribution is -0.149. The number of likely N-dealkylation sites (tertiary alicyclic amines) is 1.